The van der Waals surface area contributed by atoms with Gasteiger partial charge in [-0.2, -0.15) is 0 Å². The zero-order chi connectivity index (χ0) is 29.1. The summed E-state index contributed by atoms with van der Waals surface area (Å²) < 4.78 is 30.6. The van der Waals surface area contributed by atoms with Crippen molar-refractivity contribution in [3.8, 4) is 5.75 Å². The van der Waals surface area contributed by atoms with Crippen LogP contribution in [0.1, 0.15) is 72.3 Å². The van der Waals surface area contributed by atoms with E-state index in [4.69, 9.17) is 23.4 Å². The van der Waals surface area contributed by atoms with Crippen molar-refractivity contribution in [3.05, 3.63) is 42.0 Å². The Balaban J connectivity index is 1.58. The van der Waals surface area contributed by atoms with E-state index in [0.717, 1.165) is 16.9 Å². The highest BCUT2D eigenvalue weighted by Gasteiger charge is 2.52. The molecule has 0 radical (unpaired) electrons. The van der Waals surface area contributed by atoms with Crippen molar-refractivity contribution >= 4 is 8.32 Å². The Morgan fingerprint density at radius 1 is 1.15 bits per heavy atom. The third-order valence-corrected chi connectivity index (χ3v) is 13.1. The molecule has 2 fully saturated rings. The maximum Gasteiger partial charge on any atom is 0.192 e. The Labute approximate surface area is 237 Å². The molecule has 39 heavy (non-hydrogen) atoms. The van der Waals surface area contributed by atoms with E-state index in [2.05, 4.69) is 47.4 Å². The van der Waals surface area contributed by atoms with Crippen LogP contribution in [0.25, 0.3) is 0 Å². The summed E-state index contributed by atoms with van der Waals surface area (Å²) in [7, 11) is -0.209. The van der Waals surface area contributed by atoms with Crippen molar-refractivity contribution in [1.29, 1.82) is 0 Å². The average molecular weight is 565 g/mol. The molecule has 0 aromatic heterocycles. The maximum absolute atomic E-state index is 11.2. The van der Waals surface area contributed by atoms with Crippen molar-refractivity contribution in [3.63, 3.8) is 0 Å². The first kappa shape index (κ1) is 32.3. The van der Waals surface area contributed by atoms with E-state index in [9.17, 15) is 10.2 Å². The van der Waals surface area contributed by atoms with Crippen molar-refractivity contribution in [1.82, 2.24) is 0 Å². The fourth-order valence-corrected chi connectivity index (χ4v) is 6.37. The Morgan fingerprint density at radius 2 is 1.79 bits per heavy atom. The summed E-state index contributed by atoms with van der Waals surface area (Å²) >= 11 is 0. The Bertz CT molecular complexity index is 939. The number of aliphatic hydroxyl groups is 2. The van der Waals surface area contributed by atoms with Gasteiger partial charge in [-0.25, -0.2) is 0 Å². The first-order chi connectivity index (χ1) is 18.0. The lowest BCUT2D eigenvalue weighted by molar-refractivity contribution is -0.352. The zero-order valence-electron chi connectivity index (χ0n) is 25.4. The molecule has 0 unspecified atom stereocenters. The average Bonchev–Trinajstić information content (AvgIpc) is 2.80. The van der Waals surface area contributed by atoms with Crippen molar-refractivity contribution < 1.29 is 33.6 Å². The molecule has 0 aliphatic carbocycles. The van der Waals surface area contributed by atoms with Crippen LogP contribution in [-0.4, -0.2) is 68.6 Å². The molecule has 7 nitrogen and oxygen atoms in total. The van der Waals surface area contributed by atoms with Gasteiger partial charge in [0.15, 0.2) is 14.1 Å². The number of rotatable bonds is 11. The Hall–Kier alpha value is -1.26. The van der Waals surface area contributed by atoms with E-state index in [-0.39, 0.29) is 23.2 Å². The van der Waals surface area contributed by atoms with Gasteiger partial charge in [0.25, 0.3) is 0 Å². The lowest BCUT2D eigenvalue weighted by atomic mass is 9.80. The quantitative estimate of drug-likeness (QED) is 0.252. The molecule has 0 bridgehead atoms. The summed E-state index contributed by atoms with van der Waals surface area (Å²) in [5, 5.41) is 22.1. The number of benzene rings is 1. The topological polar surface area (TPSA) is 86.6 Å². The minimum absolute atomic E-state index is 0.152. The van der Waals surface area contributed by atoms with Crippen LogP contribution in [0.5, 0.6) is 5.75 Å². The summed E-state index contributed by atoms with van der Waals surface area (Å²) in [6.07, 6.45) is 1.01. The molecule has 3 rings (SSSR count). The summed E-state index contributed by atoms with van der Waals surface area (Å²) in [6.45, 7) is 21.0. The predicted octanol–water partition coefficient (Wildman–Crippen LogP) is 5.98. The molecule has 222 valence electrons. The molecule has 2 heterocycles. The van der Waals surface area contributed by atoms with Crippen LogP contribution in [0.3, 0.4) is 0 Å². The molecule has 2 aliphatic rings. The van der Waals surface area contributed by atoms with Crippen LogP contribution in [-0.2, 0) is 25.2 Å². The minimum Gasteiger partial charge on any atom is -0.497 e. The van der Waals surface area contributed by atoms with Crippen LogP contribution in [0.4, 0.5) is 0 Å². The van der Waals surface area contributed by atoms with Crippen LogP contribution in [0.2, 0.25) is 18.1 Å². The first-order valence-electron chi connectivity index (χ1n) is 14.3. The Morgan fingerprint density at radius 3 is 2.41 bits per heavy atom. The van der Waals surface area contributed by atoms with Crippen LogP contribution in [0.15, 0.2) is 36.4 Å². The van der Waals surface area contributed by atoms with Crippen LogP contribution in [0, 0.1) is 5.92 Å². The zero-order valence-corrected chi connectivity index (χ0v) is 26.4. The van der Waals surface area contributed by atoms with Gasteiger partial charge in [0.1, 0.15) is 5.75 Å². The number of hydrogen-bond donors (Lipinski definition) is 2. The summed E-state index contributed by atoms with van der Waals surface area (Å²) in [6, 6.07) is 7.74. The fraction of sp³-hybridized carbons (Fsp3) is 0.742. The molecule has 2 N–H and O–H groups in total. The van der Waals surface area contributed by atoms with Gasteiger partial charge in [0, 0.05) is 32.3 Å². The van der Waals surface area contributed by atoms with Gasteiger partial charge in [-0.3, -0.25) is 0 Å². The van der Waals surface area contributed by atoms with E-state index in [0.29, 0.717) is 51.9 Å². The summed E-state index contributed by atoms with van der Waals surface area (Å²) in [4.78, 5) is 0. The molecule has 2 aliphatic heterocycles. The second-order valence-electron chi connectivity index (χ2n) is 13.6. The summed E-state index contributed by atoms with van der Waals surface area (Å²) in [5.74, 6) is -0.0856. The highest BCUT2D eigenvalue weighted by atomic mass is 28.4. The maximum atomic E-state index is 11.2. The Kier molecular flexibility index (Phi) is 10.5. The number of aliphatic hydroxyl groups excluding tert-OH is 1. The molecule has 1 aromatic rings. The van der Waals surface area contributed by atoms with Gasteiger partial charge in [-0.15, -0.1) is 0 Å². The highest BCUT2D eigenvalue weighted by molar-refractivity contribution is 6.74. The van der Waals surface area contributed by atoms with Crippen molar-refractivity contribution in [2.45, 2.75) is 121 Å². The first-order valence-corrected chi connectivity index (χ1v) is 17.2. The highest BCUT2D eigenvalue weighted by Crippen LogP contribution is 2.45. The molecule has 1 spiro atoms. The van der Waals surface area contributed by atoms with Gasteiger partial charge in [0.05, 0.1) is 44.2 Å². The third-order valence-electron chi connectivity index (χ3n) is 8.58. The van der Waals surface area contributed by atoms with Crippen LogP contribution < -0.4 is 4.74 Å². The lowest BCUT2D eigenvalue weighted by Crippen LogP contribution is -2.58. The largest absolute Gasteiger partial charge is 0.497 e. The molecule has 0 saturated carbocycles. The molecule has 8 heteroatoms. The molecule has 1 aromatic carbocycles. The fourth-order valence-electron chi connectivity index (χ4n) is 5.27. The summed E-state index contributed by atoms with van der Waals surface area (Å²) in [5.41, 5.74) is 1.10. The molecular weight excluding hydrogens is 512 g/mol. The van der Waals surface area contributed by atoms with E-state index in [1.807, 2.05) is 31.2 Å². The minimum atomic E-state index is -1.85. The van der Waals surface area contributed by atoms with Crippen molar-refractivity contribution in [2.75, 3.05) is 20.3 Å². The monoisotopic (exact) mass is 564 g/mol. The molecule has 2 saturated heterocycles. The molecule has 6 atom stereocenters. The lowest BCUT2D eigenvalue weighted by Gasteiger charge is -2.51. The molecular formula is C31H52O7Si. The van der Waals surface area contributed by atoms with Gasteiger partial charge < -0.3 is 33.6 Å². The normalized spacial score (nSPS) is 30.8. The second kappa shape index (κ2) is 12.7. The van der Waals surface area contributed by atoms with Gasteiger partial charge in [0.2, 0.25) is 0 Å². The van der Waals surface area contributed by atoms with E-state index in [1.165, 1.54) is 0 Å². The van der Waals surface area contributed by atoms with Gasteiger partial charge in [-0.1, -0.05) is 52.0 Å². The van der Waals surface area contributed by atoms with Crippen molar-refractivity contribution in [2.24, 2.45) is 5.92 Å². The number of methoxy groups -OCH3 is 1. The standard InChI is InChI=1S/C31H52O7Si/c1-22(23(2)18-36-39(8,9)29(3,4)5)14-27-17-30(6,33)21-31(37-27)16-25(32)15-28(38-31)20-35-19-24-10-12-26(34-7)13-11-24/h10-13,23,25,27-28,32-33H,1,14-21H2,2-9H3/t23-,25-,27-,28+,30-,31-/m0/s1. The van der Waals surface area contributed by atoms with Crippen LogP contribution >= 0.6 is 0 Å². The second-order valence-corrected chi connectivity index (χ2v) is 18.4. The van der Waals surface area contributed by atoms with E-state index in [1.54, 1.807) is 7.11 Å². The number of hydrogen-bond acceptors (Lipinski definition) is 7. The SMILES string of the molecule is C=C(C[C@H]1C[C@](C)(O)C[C@@]2(C[C@@H](O)C[C@H](COCc3ccc(OC)cc3)O2)O1)[C@@H](C)CO[Si](C)(C)C(C)(C)C. The third kappa shape index (κ3) is 9.12. The molecule has 0 amide bonds. The van der Waals surface area contributed by atoms with Gasteiger partial charge >= 0.3 is 0 Å². The van der Waals surface area contributed by atoms with Gasteiger partial charge in [-0.05, 0) is 55.1 Å². The van der Waals surface area contributed by atoms with E-state index < -0.39 is 25.8 Å². The smallest absolute Gasteiger partial charge is 0.192 e. The number of ether oxygens (including phenoxy) is 4. The van der Waals surface area contributed by atoms with E-state index >= 15 is 0 Å². The predicted molar refractivity (Wildman–Crippen MR) is 156 cm³/mol.